The molecule has 0 saturated heterocycles. The highest BCUT2D eigenvalue weighted by Gasteiger charge is 2.18. The Labute approximate surface area is 181 Å². The maximum atomic E-state index is 12.1. The molecule has 1 amide bonds. The third-order valence-electron chi connectivity index (χ3n) is 4.07. The summed E-state index contributed by atoms with van der Waals surface area (Å²) < 4.78 is 11.5. The van der Waals surface area contributed by atoms with Gasteiger partial charge in [-0.05, 0) is 12.1 Å². The number of anilines is 1. The van der Waals surface area contributed by atoms with Gasteiger partial charge in [0.25, 0.3) is 5.91 Å². The summed E-state index contributed by atoms with van der Waals surface area (Å²) in [7, 11) is 0. The van der Waals surface area contributed by atoms with Crippen molar-refractivity contribution in [3.8, 4) is 17.1 Å². The number of ether oxygens (including phenoxy) is 1. The quantitative estimate of drug-likeness (QED) is 0.332. The molecule has 0 saturated carbocycles. The van der Waals surface area contributed by atoms with Gasteiger partial charge in [0.05, 0.1) is 5.75 Å². The molecule has 2 aromatic heterocycles. The Balaban J connectivity index is 1.43. The molecule has 4 rings (SSSR count). The Kier molecular flexibility index (Phi) is 6.38. The molecule has 1 N–H and O–H groups in total. The molecular weight excluding hydrogens is 418 g/mol. The molecule has 4 aromatic rings. The molecule has 2 aromatic carbocycles. The van der Waals surface area contributed by atoms with Crippen LogP contribution in [0.25, 0.3) is 17.1 Å². The van der Waals surface area contributed by atoms with E-state index in [9.17, 15) is 9.59 Å². The molecule has 0 atom stereocenters. The first-order valence-electron chi connectivity index (χ1n) is 9.25. The number of hydrogen-bond acceptors (Lipinski definition) is 8. The molecule has 0 radical (unpaired) electrons. The van der Waals surface area contributed by atoms with Crippen LogP contribution in [0.4, 0.5) is 5.82 Å². The lowest BCUT2D eigenvalue weighted by Crippen LogP contribution is -2.21. The predicted molar refractivity (Wildman–Crippen MR) is 114 cm³/mol. The molecule has 0 aliphatic carbocycles. The van der Waals surface area contributed by atoms with Crippen molar-refractivity contribution in [3.63, 3.8) is 0 Å². The van der Waals surface area contributed by atoms with E-state index in [0.717, 1.165) is 11.3 Å². The van der Waals surface area contributed by atoms with Crippen molar-refractivity contribution in [1.82, 2.24) is 19.9 Å². The summed E-state index contributed by atoms with van der Waals surface area (Å²) >= 11 is 1.18. The van der Waals surface area contributed by atoms with Crippen LogP contribution >= 0.6 is 11.8 Å². The van der Waals surface area contributed by atoms with Crippen molar-refractivity contribution in [2.75, 3.05) is 17.7 Å². The second-order valence-corrected chi connectivity index (χ2v) is 7.17. The number of esters is 1. The SMILES string of the molecule is O=C(COC(=O)CSc1nnc(-c2ccccc2)n1-c1ccccc1)Nc1ccon1. The van der Waals surface area contributed by atoms with Crippen LogP contribution in [-0.2, 0) is 14.3 Å². The summed E-state index contributed by atoms with van der Waals surface area (Å²) in [6.45, 7) is -0.424. The smallest absolute Gasteiger partial charge is 0.316 e. The van der Waals surface area contributed by atoms with Crippen LogP contribution in [0.15, 0.2) is 82.7 Å². The van der Waals surface area contributed by atoms with E-state index in [4.69, 9.17) is 4.74 Å². The Morgan fingerprint density at radius 1 is 1.00 bits per heavy atom. The Bertz CT molecular complexity index is 1150. The molecule has 0 unspecified atom stereocenters. The molecular formula is C21H17N5O4S. The fourth-order valence-electron chi connectivity index (χ4n) is 2.71. The second kappa shape index (κ2) is 9.72. The average molecular weight is 435 g/mol. The first-order valence-corrected chi connectivity index (χ1v) is 10.2. The number of carbonyl (C=O) groups is 2. The second-order valence-electron chi connectivity index (χ2n) is 6.23. The molecule has 0 spiro atoms. The van der Waals surface area contributed by atoms with Gasteiger partial charge < -0.3 is 14.6 Å². The summed E-state index contributed by atoms with van der Waals surface area (Å²) in [6.07, 6.45) is 1.32. The zero-order valence-electron chi connectivity index (χ0n) is 16.2. The van der Waals surface area contributed by atoms with Crippen LogP contribution in [-0.4, -0.2) is 44.2 Å². The zero-order valence-corrected chi connectivity index (χ0v) is 17.0. The number of nitrogens with one attached hydrogen (secondary N) is 1. The summed E-state index contributed by atoms with van der Waals surface area (Å²) in [6, 6.07) is 20.8. The van der Waals surface area contributed by atoms with Crippen LogP contribution < -0.4 is 5.32 Å². The topological polar surface area (TPSA) is 112 Å². The fourth-order valence-corrected chi connectivity index (χ4v) is 3.46. The van der Waals surface area contributed by atoms with Crippen LogP contribution in [0.2, 0.25) is 0 Å². The number of para-hydroxylation sites is 1. The van der Waals surface area contributed by atoms with Crippen LogP contribution in [0, 0.1) is 0 Å². The van der Waals surface area contributed by atoms with Gasteiger partial charge in [-0.3, -0.25) is 14.2 Å². The molecule has 0 aliphatic heterocycles. The third kappa shape index (κ3) is 5.17. The maximum absolute atomic E-state index is 12.1. The molecule has 10 heteroatoms. The van der Waals surface area contributed by atoms with Crippen molar-refractivity contribution in [3.05, 3.63) is 73.0 Å². The van der Waals surface area contributed by atoms with Gasteiger partial charge in [-0.2, -0.15) is 0 Å². The lowest BCUT2D eigenvalue weighted by Gasteiger charge is -2.10. The van der Waals surface area contributed by atoms with Gasteiger partial charge in [0.2, 0.25) is 0 Å². The first-order chi connectivity index (χ1) is 15.2. The van der Waals surface area contributed by atoms with Gasteiger partial charge in [-0.1, -0.05) is 65.4 Å². The standard InChI is InChI=1S/C21H17N5O4S/c27-18(22-17-11-12-30-25-17)13-29-19(28)14-31-21-24-23-20(15-7-3-1-4-8-15)26(21)16-9-5-2-6-10-16/h1-12H,13-14H2,(H,22,25,27). The number of carbonyl (C=O) groups excluding carboxylic acids is 2. The minimum atomic E-state index is -0.552. The van der Waals surface area contributed by atoms with Crippen LogP contribution in [0.5, 0.6) is 0 Å². The molecule has 9 nitrogen and oxygen atoms in total. The van der Waals surface area contributed by atoms with Crippen molar-refractivity contribution < 1.29 is 18.8 Å². The monoisotopic (exact) mass is 435 g/mol. The van der Waals surface area contributed by atoms with Gasteiger partial charge in [0.1, 0.15) is 6.26 Å². The van der Waals surface area contributed by atoms with Gasteiger partial charge in [-0.25, -0.2) is 0 Å². The number of amides is 1. The van der Waals surface area contributed by atoms with Crippen molar-refractivity contribution >= 4 is 29.5 Å². The average Bonchev–Trinajstić information content (AvgIpc) is 3.47. The third-order valence-corrected chi connectivity index (χ3v) is 4.97. The van der Waals surface area contributed by atoms with Crippen molar-refractivity contribution in [1.29, 1.82) is 0 Å². The fraction of sp³-hybridized carbons (Fsp3) is 0.0952. The number of aromatic nitrogens is 4. The molecule has 156 valence electrons. The molecule has 0 bridgehead atoms. The molecule has 2 heterocycles. The first kappa shape index (κ1) is 20.4. The van der Waals surface area contributed by atoms with E-state index in [2.05, 4.69) is 25.2 Å². The van der Waals surface area contributed by atoms with Gasteiger partial charge in [-0.15, -0.1) is 10.2 Å². The van der Waals surface area contributed by atoms with Gasteiger partial charge >= 0.3 is 5.97 Å². The minimum Gasteiger partial charge on any atom is -0.455 e. The minimum absolute atomic E-state index is 0.0308. The molecule has 0 fully saturated rings. The summed E-state index contributed by atoms with van der Waals surface area (Å²) in [4.78, 5) is 23.9. The lowest BCUT2D eigenvalue weighted by atomic mass is 10.2. The molecule has 31 heavy (non-hydrogen) atoms. The number of benzene rings is 2. The molecule has 0 aliphatic rings. The Morgan fingerprint density at radius 2 is 1.74 bits per heavy atom. The lowest BCUT2D eigenvalue weighted by molar-refractivity contribution is -0.144. The number of hydrogen-bond donors (Lipinski definition) is 1. The van der Waals surface area contributed by atoms with E-state index < -0.39 is 18.5 Å². The number of nitrogens with zero attached hydrogens (tertiary/aromatic N) is 4. The maximum Gasteiger partial charge on any atom is 0.316 e. The van der Waals surface area contributed by atoms with Gasteiger partial charge in [0, 0.05) is 17.3 Å². The highest BCUT2D eigenvalue weighted by molar-refractivity contribution is 7.99. The van der Waals surface area contributed by atoms with Gasteiger partial charge in [0.15, 0.2) is 23.4 Å². The van der Waals surface area contributed by atoms with E-state index in [0.29, 0.717) is 11.0 Å². The number of rotatable bonds is 8. The van der Waals surface area contributed by atoms with E-state index in [1.54, 1.807) is 0 Å². The number of thioether (sulfide) groups is 1. The Hall–Kier alpha value is -3.92. The van der Waals surface area contributed by atoms with E-state index in [-0.39, 0.29) is 11.6 Å². The summed E-state index contributed by atoms with van der Waals surface area (Å²) in [5.41, 5.74) is 1.77. The largest absolute Gasteiger partial charge is 0.455 e. The zero-order chi connectivity index (χ0) is 21.5. The van der Waals surface area contributed by atoms with E-state index >= 15 is 0 Å². The van der Waals surface area contributed by atoms with Crippen LogP contribution in [0.1, 0.15) is 0 Å². The van der Waals surface area contributed by atoms with Crippen LogP contribution in [0.3, 0.4) is 0 Å². The highest BCUT2D eigenvalue weighted by atomic mass is 32.2. The summed E-state index contributed by atoms with van der Waals surface area (Å²) in [5.74, 6) is -0.179. The summed E-state index contributed by atoms with van der Waals surface area (Å²) in [5, 5.41) is 15.1. The van der Waals surface area contributed by atoms with Crippen molar-refractivity contribution in [2.45, 2.75) is 5.16 Å². The van der Waals surface area contributed by atoms with E-state index in [1.807, 2.05) is 65.2 Å². The Morgan fingerprint density at radius 3 is 2.45 bits per heavy atom. The normalized spacial score (nSPS) is 10.6. The predicted octanol–water partition coefficient (Wildman–Crippen LogP) is 3.20. The van der Waals surface area contributed by atoms with Crippen molar-refractivity contribution in [2.24, 2.45) is 0 Å². The van der Waals surface area contributed by atoms with E-state index in [1.165, 1.54) is 24.1 Å². The highest BCUT2D eigenvalue weighted by Crippen LogP contribution is 2.27.